The van der Waals surface area contributed by atoms with Crippen molar-refractivity contribution in [1.29, 1.82) is 0 Å². The molecular weight excluding hydrogens is 738 g/mol. The molecule has 2 aromatic carbocycles. The van der Waals surface area contributed by atoms with E-state index in [2.05, 4.69) is 44.0 Å². The maximum absolute atomic E-state index is 17.1. The van der Waals surface area contributed by atoms with Gasteiger partial charge in [-0.2, -0.15) is 0 Å². The van der Waals surface area contributed by atoms with Gasteiger partial charge in [0.05, 0.1) is 11.4 Å². The van der Waals surface area contributed by atoms with Crippen molar-refractivity contribution in [3.05, 3.63) is 105 Å². The van der Waals surface area contributed by atoms with Gasteiger partial charge in [0.2, 0.25) is 0 Å². The maximum atomic E-state index is 17.1. The molecule has 0 bridgehead atoms. The largest absolute Gasteiger partial charge is 2.00 e. The van der Waals surface area contributed by atoms with E-state index in [0.717, 1.165) is 20.1 Å². The quantitative estimate of drug-likeness (QED) is 0.194. The first-order valence-corrected chi connectivity index (χ1v) is 11.8. The number of pyridine rings is 2. The van der Waals surface area contributed by atoms with E-state index in [4.69, 9.17) is 9.97 Å². The van der Waals surface area contributed by atoms with Crippen LogP contribution in [-0.2, 0) is 26.7 Å². The zero-order valence-electron chi connectivity index (χ0n) is 18.3. The van der Waals surface area contributed by atoms with Crippen LogP contribution in [0.5, 0.6) is 0 Å². The summed E-state index contributed by atoms with van der Waals surface area (Å²) in [7, 11) is 0. The average molecular weight is 763 g/mol. The minimum absolute atomic E-state index is 0. The zero-order chi connectivity index (χ0) is 22.9. The molecule has 34 heavy (non-hydrogen) atoms. The Balaban J connectivity index is 0.00000204. The van der Waals surface area contributed by atoms with E-state index in [0.29, 0.717) is 22.8 Å². The molecule has 0 spiro atoms. The summed E-state index contributed by atoms with van der Waals surface area (Å²) in [5, 5.41) is 0. The summed E-state index contributed by atoms with van der Waals surface area (Å²) in [4.78, 5) is 9.47. The topological polar surface area (TPSA) is 25.8 Å². The van der Waals surface area contributed by atoms with Gasteiger partial charge in [-0.15, -0.1) is 59.7 Å². The van der Waals surface area contributed by atoms with Crippen LogP contribution in [0.1, 0.15) is 39.6 Å². The van der Waals surface area contributed by atoms with Gasteiger partial charge in [0.15, 0.2) is 5.67 Å². The number of hydrogen-bond donors (Lipinski definition) is 0. The Hall–Kier alpha value is -1.68. The molecule has 0 unspecified atom stereocenters. The molecule has 0 aliphatic heterocycles. The van der Waals surface area contributed by atoms with Crippen molar-refractivity contribution < 1.29 is 25.5 Å². The molecule has 0 amide bonds. The van der Waals surface area contributed by atoms with Crippen LogP contribution >= 0.6 is 31.9 Å². The van der Waals surface area contributed by atoms with Crippen molar-refractivity contribution in [2.75, 3.05) is 0 Å². The standard InChI is InChI=1S/C27H21Br2FN2.CH4.Pt/c1-26(2,3)27(30,24-14-6-12-22(31-24)18-8-4-10-20(28)16-18)25-15-7-13-23(32-25)19-9-5-11-21(29)17-19;;/h4-7,10-17H,1-3H3;1H4;/q-2;;+2. The van der Waals surface area contributed by atoms with Crippen molar-refractivity contribution in [3.63, 3.8) is 0 Å². The van der Waals surface area contributed by atoms with Gasteiger partial charge in [0, 0.05) is 5.41 Å². The van der Waals surface area contributed by atoms with E-state index in [-0.39, 0.29) is 28.5 Å². The van der Waals surface area contributed by atoms with Crippen molar-refractivity contribution in [1.82, 2.24) is 9.97 Å². The maximum Gasteiger partial charge on any atom is 2.00 e. The molecule has 0 aliphatic carbocycles. The summed E-state index contributed by atoms with van der Waals surface area (Å²) in [6.45, 7) is 5.60. The Labute approximate surface area is 233 Å². The van der Waals surface area contributed by atoms with E-state index in [1.807, 2.05) is 81.4 Å². The number of aromatic nitrogens is 2. The molecule has 0 N–H and O–H groups in total. The Morgan fingerprint density at radius 3 is 1.50 bits per heavy atom. The Bertz CT molecular complexity index is 1180. The van der Waals surface area contributed by atoms with Crippen LogP contribution in [-0.4, -0.2) is 9.97 Å². The SMILES string of the molecule is C.CC(C)(C)C(F)(c1cccc(-c2[c-]ccc(Br)c2)n1)c1cccc(-c2[c-]ccc(Br)c2)n1.[Pt+2]. The van der Waals surface area contributed by atoms with Crippen LogP contribution < -0.4 is 0 Å². The molecule has 2 aromatic heterocycles. The molecular formula is C28H25Br2FN2Pt. The van der Waals surface area contributed by atoms with Crippen LogP contribution in [0.2, 0.25) is 0 Å². The van der Waals surface area contributed by atoms with Crippen molar-refractivity contribution in [2.24, 2.45) is 5.41 Å². The number of hydrogen-bond acceptors (Lipinski definition) is 2. The number of rotatable bonds is 4. The summed E-state index contributed by atoms with van der Waals surface area (Å²) in [6.07, 6.45) is 0. The predicted molar refractivity (Wildman–Crippen MR) is 140 cm³/mol. The molecule has 4 aromatic rings. The van der Waals surface area contributed by atoms with Gasteiger partial charge >= 0.3 is 21.1 Å². The van der Waals surface area contributed by atoms with Crippen LogP contribution in [0.25, 0.3) is 22.5 Å². The monoisotopic (exact) mass is 761 g/mol. The molecule has 2 heterocycles. The van der Waals surface area contributed by atoms with Gasteiger partial charge in [0.25, 0.3) is 0 Å². The second kappa shape index (κ2) is 11.4. The Morgan fingerprint density at radius 1 is 0.735 bits per heavy atom. The van der Waals surface area contributed by atoms with Crippen molar-refractivity contribution >= 4 is 31.9 Å². The van der Waals surface area contributed by atoms with Gasteiger partial charge < -0.3 is 0 Å². The predicted octanol–water partition coefficient (Wildman–Crippen LogP) is 8.83. The first kappa shape index (κ1) is 28.6. The van der Waals surface area contributed by atoms with E-state index in [9.17, 15) is 0 Å². The fourth-order valence-corrected chi connectivity index (χ4v) is 4.35. The third-order valence-corrected chi connectivity index (χ3v) is 6.30. The molecule has 0 saturated carbocycles. The summed E-state index contributed by atoms with van der Waals surface area (Å²) < 4.78 is 19.0. The first-order chi connectivity index (χ1) is 15.2. The van der Waals surface area contributed by atoms with Crippen LogP contribution in [0.3, 0.4) is 0 Å². The summed E-state index contributed by atoms with van der Waals surface area (Å²) in [6, 6.07) is 28.5. The molecule has 0 fully saturated rings. The minimum atomic E-state index is -1.92. The van der Waals surface area contributed by atoms with E-state index < -0.39 is 11.1 Å². The Morgan fingerprint density at radius 2 is 1.15 bits per heavy atom. The van der Waals surface area contributed by atoms with Gasteiger partial charge in [-0.3, -0.25) is 9.97 Å². The molecule has 0 aliphatic rings. The zero-order valence-corrected chi connectivity index (χ0v) is 23.7. The van der Waals surface area contributed by atoms with Crippen molar-refractivity contribution in [3.8, 4) is 22.5 Å². The molecule has 2 nitrogen and oxygen atoms in total. The number of alkyl halides is 1. The Kier molecular flexibility index (Phi) is 9.55. The van der Waals surface area contributed by atoms with Gasteiger partial charge in [-0.05, 0) is 23.5 Å². The third kappa shape index (κ3) is 5.75. The molecule has 6 heteroatoms. The number of halogens is 3. The van der Waals surface area contributed by atoms with E-state index in [1.165, 1.54) is 0 Å². The molecule has 0 radical (unpaired) electrons. The summed E-state index contributed by atoms with van der Waals surface area (Å²) in [5.74, 6) is 0. The minimum Gasteiger partial charge on any atom is -0.297 e. The number of nitrogens with zero attached hydrogens (tertiary/aromatic N) is 2. The van der Waals surface area contributed by atoms with Crippen LogP contribution in [0, 0.1) is 17.5 Å². The normalized spacial score (nSPS) is 11.4. The first-order valence-electron chi connectivity index (χ1n) is 10.2. The van der Waals surface area contributed by atoms with Gasteiger partial charge in [0.1, 0.15) is 0 Å². The van der Waals surface area contributed by atoms with Gasteiger partial charge in [-0.25, -0.2) is 4.39 Å². The molecule has 0 saturated heterocycles. The number of benzene rings is 2. The van der Waals surface area contributed by atoms with Gasteiger partial charge in [-0.1, -0.05) is 93.3 Å². The fourth-order valence-electron chi connectivity index (χ4n) is 3.63. The third-order valence-electron chi connectivity index (χ3n) is 5.32. The molecule has 178 valence electrons. The summed E-state index contributed by atoms with van der Waals surface area (Å²) in [5.41, 5.74) is 0.824. The van der Waals surface area contributed by atoms with Crippen LogP contribution in [0.4, 0.5) is 4.39 Å². The smallest absolute Gasteiger partial charge is 0.297 e. The molecule has 0 atom stereocenters. The van der Waals surface area contributed by atoms with E-state index in [1.54, 1.807) is 12.1 Å². The van der Waals surface area contributed by atoms with Crippen molar-refractivity contribution in [2.45, 2.75) is 33.9 Å². The van der Waals surface area contributed by atoms with E-state index >= 15 is 4.39 Å². The summed E-state index contributed by atoms with van der Waals surface area (Å²) >= 11 is 6.97. The second-order valence-corrected chi connectivity index (χ2v) is 10.4. The molecule has 4 rings (SSSR count). The average Bonchev–Trinajstić information content (AvgIpc) is 2.78. The second-order valence-electron chi connectivity index (χ2n) is 8.57. The fraction of sp³-hybridized carbons (Fsp3) is 0.214. The van der Waals surface area contributed by atoms with Crippen LogP contribution in [0.15, 0.2) is 81.7 Å².